The van der Waals surface area contributed by atoms with E-state index in [1.54, 1.807) is 31.5 Å². The van der Waals surface area contributed by atoms with Crippen molar-refractivity contribution in [3.63, 3.8) is 0 Å². The minimum Gasteiger partial charge on any atom is -0.454 e. The number of benzene rings is 1. The van der Waals surface area contributed by atoms with E-state index in [9.17, 15) is 4.39 Å². The summed E-state index contributed by atoms with van der Waals surface area (Å²) >= 11 is 0. The van der Waals surface area contributed by atoms with Gasteiger partial charge in [-0.1, -0.05) is 0 Å². The van der Waals surface area contributed by atoms with E-state index in [-0.39, 0.29) is 5.82 Å². The van der Waals surface area contributed by atoms with E-state index in [2.05, 4.69) is 9.97 Å². The van der Waals surface area contributed by atoms with Gasteiger partial charge in [0.15, 0.2) is 5.75 Å². The maximum atomic E-state index is 12.6. The number of ether oxygens (including phenoxy) is 1. The first-order valence-electron chi connectivity index (χ1n) is 4.46. The third-order valence-corrected chi connectivity index (χ3v) is 1.81. The molecule has 1 heterocycles. The van der Waals surface area contributed by atoms with E-state index in [0.717, 1.165) is 0 Å². The van der Waals surface area contributed by atoms with Gasteiger partial charge in [0.25, 0.3) is 0 Å². The van der Waals surface area contributed by atoms with Crippen molar-refractivity contribution >= 4 is 0 Å². The Balaban J connectivity index is 2.15. The third-order valence-electron chi connectivity index (χ3n) is 1.81. The van der Waals surface area contributed by atoms with Crippen LogP contribution in [0.5, 0.6) is 11.5 Å². The summed E-state index contributed by atoms with van der Waals surface area (Å²) in [6.07, 6.45) is 3.15. The summed E-state index contributed by atoms with van der Waals surface area (Å²) < 4.78 is 18.0. The molecule has 0 amide bonds. The van der Waals surface area contributed by atoms with Gasteiger partial charge in [-0.2, -0.15) is 0 Å². The first-order valence-corrected chi connectivity index (χ1v) is 4.46. The van der Waals surface area contributed by atoms with Gasteiger partial charge in [-0.15, -0.1) is 0 Å². The lowest BCUT2D eigenvalue weighted by molar-refractivity contribution is 0.475. The number of aromatic nitrogens is 2. The van der Waals surface area contributed by atoms with Crippen LogP contribution in [-0.4, -0.2) is 9.97 Å². The van der Waals surface area contributed by atoms with Gasteiger partial charge < -0.3 is 4.74 Å². The van der Waals surface area contributed by atoms with Gasteiger partial charge in [0, 0.05) is 0 Å². The summed E-state index contributed by atoms with van der Waals surface area (Å²) in [5, 5.41) is 0. The van der Waals surface area contributed by atoms with Gasteiger partial charge in [-0.05, 0) is 31.2 Å². The van der Waals surface area contributed by atoms with Crippen molar-refractivity contribution in [2.24, 2.45) is 0 Å². The standard InChI is InChI=1S/C11H9FN2O/c1-8-13-6-11(7-14-8)15-10-4-2-9(12)3-5-10/h2-7H,1H3. The monoisotopic (exact) mass is 204 g/mol. The topological polar surface area (TPSA) is 35.0 Å². The molecule has 0 aliphatic heterocycles. The molecule has 0 N–H and O–H groups in total. The van der Waals surface area contributed by atoms with Crippen LogP contribution < -0.4 is 4.74 Å². The molecule has 0 aliphatic carbocycles. The zero-order valence-corrected chi connectivity index (χ0v) is 8.14. The van der Waals surface area contributed by atoms with Crippen LogP contribution in [0.25, 0.3) is 0 Å². The quantitative estimate of drug-likeness (QED) is 0.754. The molecule has 15 heavy (non-hydrogen) atoms. The van der Waals surface area contributed by atoms with Crippen LogP contribution >= 0.6 is 0 Å². The minimum atomic E-state index is -0.289. The molecular formula is C11H9FN2O. The molecule has 0 fully saturated rings. The molecule has 2 rings (SSSR count). The lowest BCUT2D eigenvalue weighted by Crippen LogP contribution is -1.89. The fraction of sp³-hybridized carbons (Fsp3) is 0.0909. The average Bonchev–Trinajstić information content (AvgIpc) is 2.25. The second-order valence-electron chi connectivity index (χ2n) is 3.02. The summed E-state index contributed by atoms with van der Waals surface area (Å²) in [7, 11) is 0. The first kappa shape index (κ1) is 9.58. The summed E-state index contributed by atoms with van der Waals surface area (Å²) in [4.78, 5) is 7.97. The van der Waals surface area contributed by atoms with Gasteiger partial charge in [0.2, 0.25) is 0 Å². The number of hydrogen-bond acceptors (Lipinski definition) is 3. The van der Waals surface area contributed by atoms with Crippen LogP contribution in [0.3, 0.4) is 0 Å². The zero-order chi connectivity index (χ0) is 10.7. The Morgan fingerprint density at radius 2 is 1.60 bits per heavy atom. The van der Waals surface area contributed by atoms with Crippen LogP contribution in [0.15, 0.2) is 36.7 Å². The molecule has 0 saturated carbocycles. The van der Waals surface area contributed by atoms with Crippen molar-refractivity contribution < 1.29 is 9.13 Å². The van der Waals surface area contributed by atoms with Crippen molar-refractivity contribution in [2.45, 2.75) is 6.92 Å². The summed E-state index contributed by atoms with van der Waals surface area (Å²) in [5.41, 5.74) is 0. The summed E-state index contributed by atoms with van der Waals surface area (Å²) in [5.74, 6) is 1.49. The Morgan fingerprint density at radius 1 is 1.00 bits per heavy atom. The SMILES string of the molecule is Cc1ncc(Oc2ccc(F)cc2)cn1. The highest BCUT2D eigenvalue weighted by Gasteiger charge is 1.98. The Labute approximate surface area is 86.6 Å². The maximum absolute atomic E-state index is 12.6. The molecular weight excluding hydrogens is 195 g/mol. The van der Waals surface area contributed by atoms with Gasteiger partial charge >= 0.3 is 0 Å². The van der Waals surface area contributed by atoms with Crippen LogP contribution in [0.4, 0.5) is 4.39 Å². The van der Waals surface area contributed by atoms with Crippen molar-refractivity contribution in [2.75, 3.05) is 0 Å². The highest BCUT2D eigenvalue weighted by atomic mass is 19.1. The number of rotatable bonds is 2. The molecule has 2 aromatic rings. The second kappa shape index (κ2) is 4.04. The number of hydrogen-bond donors (Lipinski definition) is 0. The van der Waals surface area contributed by atoms with E-state index in [0.29, 0.717) is 17.3 Å². The Kier molecular flexibility index (Phi) is 2.58. The fourth-order valence-electron chi connectivity index (χ4n) is 1.07. The maximum Gasteiger partial charge on any atom is 0.164 e. The lowest BCUT2D eigenvalue weighted by atomic mass is 10.3. The van der Waals surface area contributed by atoms with Gasteiger partial charge in [0.05, 0.1) is 12.4 Å². The molecule has 0 saturated heterocycles. The minimum absolute atomic E-state index is 0.289. The van der Waals surface area contributed by atoms with Gasteiger partial charge in [0.1, 0.15) is 17.4 Å². The normalized spacial score (nSPS) is 10.0. The lowest BCUT2D eigenvalue weighted by Gasteiger charge is -2.04. The predicted molar refractivity (Wildman–Crippen MR) is 53.2 cm³/mol. The highest BCUT2D eigenvalue weighted by molar-refractivity contribution is 5.27. The second-order valence-corrected chi connectivity index (χ2v) is 3.02. The summed E-state index contributed by atoms with van der Waals surface area (Å²) in [6.45, 7) is 1.79. The highest BCUT2D eigenvalue weighted by Crippen LogP contribution is 2.19. The van der Waals surface area contributed by atoms with Crippen LogP contribution in [-0.2, 0) is 0 Å². The number of nitrogens with zero attached hydrogens (tertiary/aromatic N) is 2. The smallest absolute Gasteiger partial charge is 0.164 e. The molecule has 1 aromatic heterocycles. The number of halogens is 1. The van der Waals surface area contributed by atoms with Crippen molar-refractivity contribution in [3.8, 4) is 11.5 Å². The largest absolute Gasteiger partial charge is 0.454 e. The molecule has 0 atom stereocenters. The third kappa shape index (κ3) is 2.49. The van der Waals surface area contributed by atoms with Crippen molar-refractivity contribution in [1.29, 1.82) is 0 Å². The van der Waals surface area contributed by atoms with E-state index in [4.69, 9.17) is 4.74 Å². The van der Waals surface area contributed by atoms with E-state index >= 15 is 0 Å². The average molecular weight is 204 g/mol. The van der Waals surface area contributed by atoms with Crippen molar-refractivity contribution in [3.05, 3.63) is 48.3 Å². The molecule has 0 bridgehead atoms. The Bertz CT molecular complexity index is 396. The van der Waals surface area contributed by atoms with Crippen LogP contribution in [0.2, 0.25) is 0 Å². The fourth-order valence-corrected chi connectivity index (χ4v) is 1.07. The number of aryl methyl sites for hydroxylation is 1. The molecule has 0 radical (unpaired) electrons. The van der Waals surface area contributed by atoms with Crippen LogP contribution in [0.1, 0.15) is 5.82 Å². The van der Waals surface area contributed by atoms with Crippen LogP contribution in [0, 0.1) is 12.7 Å². The predicted octanol–water partition coefficient (Wildman–Crippen LogP) is 2.72. The first-order chi connectivity index (χ1) is 7.24. The molecule has 3 nitrogen and oxygen atoms in total. The molecule has 0 spiro atoms. The summed E-state index contributed by atoms with van der Waals surface area (Å²) in [6, 6.07) is 5.78. The molecule has 0 aliphatic rings. The van der Waals surface area contributed by atoms with E-state index in [1.165, 1.54) is 12.1 Å². The van der Waals surface area contributed by atoms with E-state index < -0.39 is 0 Å². The molecule has 76 valence electrons. The molecule has 1 aromatic carbocycles. The van der Waals surface area contributed by atoms with Gasteiger partial charge in [-0.3, -0.25) is 0 Å². The Hall–Kier alpha value is -1.97. The van der Waals surface area contributed by atoms with Crippen molar-refractivity contribution in [1.82, 2.24) is 9.97 Å². The molecule has 4 heteroatoms. The van der Waals surface area contributed by atoms with E-state index in [1.807, 2.05) is 0 Å². The molecule has 0 unspecified atom stereocenters. The van der Waals surface area contributed by atoms with Gasteiger partial charge in [-0.25, -0.2) is 14.4 Å². The Morgan fingerprint density at radius 3 is 2.20 bits per heavy atom. The zero-order valence-electron chi connectivity index (χ0n) is 8.14.